The number of nitrogens with zero attached hydrogens (tertiary/aromatic N) is 2. The summed E-state index contributed by atoms with van der Waals surface area (Å²) in [6.45, 7) is 7.68. The minimum absolute atomic E-state index is 0.174. The fourth-order valence-electron chi connectivity index (χ4n) is 4.47. The van der Waals surface area contributed by atoms with Crippen molar-refractivity contribution in [3.8, 4) is 0 Å². The third-order valence-electron chi connectivity index (χ3n) is 6.67. The first-order chi connectivity index (χ1) is 15.3. The van der Waals surface area contributed by atoms with Crippen molar-refractivity contribution >= 4 is 23.0 Å². The SMILES string of the molecule is CC(C)(C)[C@H](NC(=O)n1c(=O)n(CC2CCOCC2)c2ccccc21)C(=O)NC1CCC1. The highest BCUT2D eigenvalue weighted by Crippen LogP contribution is 2.24. The first-order valence-corrected chi connectivity index (χ1v) is 11.6. The van der Waals surface area contributed by atoms with Gasteiger partial charge in [0.15, 0.2) is 0 Å². The van der Waals surface area contributed by atoms with Gasteiger partial charge in [0.2, 0.25) is 5.91 Å². The largest absolute Gasteiger partial charge is 0.381 e. The Bertz CT molecular complexity index is 1040. The van der Waals surface area contributed by atoms with Crippen LogP contribution in [0.4, 0.5) is 4.79 Å². The van der Waals surface area contributed by atoms with E-state index in [1.165, 1.54) is 4.57 Å². The molecule has 0 unspecified atom stereocenters. The average molecular weight is 443 g/mol. The highest BCUT2D eigenvalue weighted by molar-refractivity contribution is 5.93. The van der Waals surface area contributed by atoms with Crippen molar-refractivity contribution in [2.24, 2.45) is 11.3 Å². The zero-order chi connectivity index (χ0) is 22.9. The molecule has 1 aliphatic carbocycles. The van der Waals surface area contributed by atoms with Gasteiger partial charge in [-0.25, -0.2) is 14.2 Å². The Morgan fingerprint density at radius 3 is 2.34 bits per heavy atom. The van der Waals surface area contributed by atoms with Gasteiger partial charge in [-0.2, -0.15) is 0 Å². The molecule has 2 N–H and O–H groups in total. The van der Waals surface area contributed by atoms with Crippen molar-refractivity contribution in [2.45, 2.75) is 71.5 Å². The Labute approximate surface area is 188 Å². The molecule has 2 aromatic rings. The summed E-state index contributed by atoms with van der Waals surface area (Å²) >= 11 is 0. The summed E-state index contributed by atoms with van der Waals surface area (Å²) in [5.74, 6) is 0.133. The van der Waals surface area contributed by atoms with Crippen LogP contribution in [0.2, 0.25) is 0 Å². The van der Waals surface area contributed by atoms with E-state index in [0.29, 0.717) is 31.2 Å². The van der Waals surface area contributed by atoms with Gasteiger partial charge in [-0.1, -0.05) is 32.9 Å². The van der Waals surface area contributed by atoms with Gasteiger partial charge in [0.05, 0.1) is 11.0 Å². The Kier molecular flexibility index (Phi) is 6.42. The van der Waals surface area contributed by atoms with Gasteiger partial charge in [-0.15, -0.1) is 0 Å². The average Bonchev–Trinajstić information content (AvgIpc) is 3.00. The number of carbonyl (C=O) groups is 2. The molecule has 1 aliphatic heterocycles. The second-order valence-electron chi connectivity index (χ2n) is 10.2. The molecule has 174 valence electrons. The Hall–Kier alpha value is -2.61. The lowest BCUT2D eigenvalue weighted by Crippen LogP contribution is -2.57. The Balaban J connectivity index is 1.62. The standard InChI is InChI=1S/C24H34N4O4/c1-24(2,3)20(21(29)25-17-7-6-8-17)26-22(30)28-19-10-5-4-9-18(19)27(23(28)31)15-16-11-13-32-14-12-16/h4-5,9-10,16-17,20H,6-8,11-15H2,1-3H3,(H,25,29)(H,26,30)/t20-/m1/s1. The molecular formula is C24H34N4O4. The maximum Gasteiger partial charge on any atom is 0.337 e. The summed E-state index contributed by atoms with van der Waals surface area (Å²) in [6, 6.07) is 6.18. The fraction of sp³-hybridized carbons (Fsp3) is 0.625. The van der Waals surface area contributed by atoms with E-state index in [4.69, 9.17) is 4.74 Å². The van der Waals surface area contributed by atoms with Crippen LogP contribution in [0.15, 0.2) is 29.1 Å². The molecule has 2 aliphatic rings. The fourth-order valence-corrected chi connectivity index (χ4v) is 4.47. The summed E-state index contributed by atoms with van der Waals surface area (Å²) in [6.07, 6.45) is 4.84. The van der Waals surface area contributed by atoms with E-state index in [1.54, 1.807) is 10.6 Å². The number of aromatic nitrogens is 2. The molecule has 0 spiro atoms. The lowest BCUT2D eigenvalue weighted by Gasteiger charge is -2.34. The van der Waals surface area contributed by atoms with E-state index in [9.17, 15) is 14.4 Å². The Morgan fingerprint density at radius 2 is 1.75 bits per heavy atom. The third-order valence-corrected chi connectivity index (χ3v) is 6.67. The van der Waals surface area contributed by atoms with Crippen molar-refractivity contribution in [3.05, 3.63) is 34.7 Å². The van der Waals surface area contributed by atoms with E-state index < -0.39 is 17.5 Å². The molecule has 32 heavy (non-hydrogen) atoms. The van der Waals surface area contributed by atoms with E-state index in [0.717, 1.165) is 37.6 Å². The number of ether oxygens (including phenoxy) is 1. The molecule has 2 fully saturated rings. The van der Waals surface area contributed by atoms with Crippen LogP contribution in [0.5, 0.6) is 0 Å². The van der Waals surface area contributed by atoms with Gasteiger partial charge < -0.3 is 15.4 Å². The number of imidazole rings is 1. The van der Waals surface area contributed by atoms with Crippen LogP contribution in [-0.4, -0.2) is 46.4 Å². The van der Waals surface area contributed by atoms with Crippen molar-refractivity contribution in [1.29, 1.82) is 0 Å². The summed E-state index contributed by atoms with van der Waals surface area (Å²) in [7, 11) is 0. The van der Waals surface area contributed by atoms with Gasteiger partial charge in [0.1, 0.15) is 6.04 Å². The number of nitrogens with one attached hydrogen (secondary N) is 2. The zero-order valence-corrected chi connectivity index (χ0v) is 19.2. The number of benzene rings is 1. The summed E-state index contributed by atoms with van der Waals surface area (Å²) in [5, 5.41) is 5.89. The summed E-state index contributed by atoms with van der Waals surface area (Å²) < 4.78 is 8.30. The summed E-state index contributed by atoms with van der Waals surface area (Å²) in [4.78, 5) is 39.7. The summed E-state index contributed by atoms with van der Waals surface area (Å²) in [5.41, 5.74) is 0.398. The predicted octanol–water partition coefficient (Wildman–Crippen LogP) is 2.87. The number of hydrogen-bond acceptors (Lipinski definition) is 4. The van der Waals surface area contributed by atoms with Crippen LogP contribution in [0.25, 0.3) is 11.0 Å². The van der Waals surface area contributed by atoms with Crippen LogP contribution in [-0.2, 0) is 16.1 Å². The van der Waals surface area contributed by atoms with E-state index >= 15 is 0 Å². The molecule has 0 radical (unpaired) electrons. The molecular weight excluding hydrogens is 408 g/mol. The lowest BCUT2D eigenvalue weighted by molar-refractivity contribution is -0.126. The molecule has 1 saturated carbocycles. The molecule has 1 saturated heterocycles. The number of rotatable bonds is 5. The third kappa shape index (κ3) is 4.60. The Morgan fingerprint density at radius 1 is 1.09 bits per heavy atom. The van der Waals surface area contributed by atoms with Crippen LogP contribution in [0.1, 0.15) is 52.9 Å². The van der Waals surface area contributed by atoms with E-state index in [1.807, 2.05) is 39.0 Å². The number of fused-ring (bicyclic) bond motifs is 1. The molecule has 4 rings (SSSR count). The second kappa shape index (κ2) is 9.10. The van der Waals surface area contributed by atoms with Crippen LogP contribution in [0, 0.1) is 11.3 Å². The molecule has 2 heterocycles. The van der Waals surface area contributed by atoms with Gasteiger partial charge in [0.25, 0.3) is 0 Å². The van der Waals surface area contributed by atoms with Gasteiger partial charge >= 0.3 is 11.7 Å². The minimum atomic E-state index is -0.750. The quantitative estimate of drug-likeness (QED) is 0.745. The van der Waals surface area contributed by atoms with E-state index in [-0.39, 0.29) is 17.6 Å². The zero-order valence-electron chi connectivity index (χ0n) is 19.2. The first kappa shape index (κ1) is 22.6. The molecule has 1 aromatic heterocycles. The van der Waals surface area contributed by atoms with Crippen molar-refractivity contribution < 1.29 is 14.3 Å². The number of carbonyl (C=O) groups excluding carboxylic acids is 2. The molecule has 0 bridgehead atoms. The monoisotopic (exact) mass is 442 g/mol. The molecule has 1 aromatic carbocycles. The number of amides is 2. The van der Waals surface area contributed by atoms with Gasteiger partial charge in [-0.05, 0) is 55.6 Å². The van der Waals surface area contributed by atoms with Crippen molar-refractivity contribution in [3.63, 3.8) is 0 Å². The van der Waals surface area contributed by atoms with Crippen LogP contribution < -0.4 is 16.3 Å². The van der Waals surface area contributed by atoms with Gasteiger partial charge in [-0.3, -0.25) is 9.36 Å². The van der Waals surface area contributed by atoms with Crippen molar-refractivity contribution in [2.75, 3.05) is 13.2 Å². The maximum absolute atomic E-state index is 13.4. The number of para-hydroxylation sites is 2. The molecule has 8 heteroatoms. The van der Waals surface area contributed by atoms with Crippen LogP contribution in [0.3, 0.4) is 0 Å². The molecule has 1 atom stereocenters. The van der Waals surface area contributed by atoms with Crippen LogP contribution >= 0.6 is 0 Å². The first-order valence-electron chi connectivity index (χ1n) is 11.6. The molecule has 2 amide bonds. The smallest absolute Gasteiger partial charge is 0.337 e. The highest BCUT2D eigenvalue weighted by atomic mass is 16.5. The second-order valence-corrected chi connectivity index (χ2v) is 10.2. The minimum Gasteiger partial charge on any atom is -0.381 e. The van der Waals surface area contributed by atoms with Crippen molar-refractivity contribution in [1.82, 2.24) is 19.8 Å². The topological polar surface area (TPSA) is 94.4 Å². The normalized spacial score (nSPS) is 18.8. The molecule has 8 nitrogen and oxygen atoms in total. The highest BCUT2D eigenvalue weighted by Gasteiger charge is 2.35. The van der Waals surface area contributed by atoms with E-state index in [2.05, 4.69) is 10.6 Å². The number of hydrogen-bond donors (Lipinski definition) is 2. The maximum atomic E-state index is 13.4. The lowest BCUT2D eigenvalue weighted by atomic mass is 9.85. The predicted molar refractivity (Wildman–Crippen MR) is 123 cm³/mol. The van der Waals surface area contributed by atoms with Gasteiger partial charge in [0, 0.05) is 25.8 Å².